The Morgan fingerprint density at radius 1 is 0.833 bits per heavy atom. The number of rotatable bonds is 3. The summed E-state index contributed by atoms with van der Waals surface area (Å²) in [7, 11) is 0. The van der Waals surface area contributed by atoms with Gasteiger partial charge in [0.05, 0.1) is 0 Å². The van der Waals surface area contributed by atoms with Crippen LogP contribution in [0.1, 0.15) is 0 Å². The van der Waals surface area contributed by atoms with Gasteiger partial charge in [0.15, 0.2) is 0 Å². The van der Waals surface area contributed by atoms with Gasteiger partial charge in [0, 0.05) is 0 Å². The third-order valence-corrected chi connectivity index (χ3v) is 60.7. The van der Waals surface area contributed by atoms with Crippen LogP contribution in [0, 0.1) is 0 Å². The molecule has 0 rings (SSSR count). The molecule has 0 aromatic carbocycles. The van der Waals surface area contributed by atoms with E-state index in [1.807, 2.05) is 0 Å². The summed E-state index contributed by atoms with van der Waals surface area (Å²) in [6, 6.07) is 0. The molecule has 0 aliphatic carbocycles. The first kappa shape index (κ1) is 9.12. The van der Waals surface area contributed by atoms with E-state index >= 15 is 0 Å². The molecular formula is Se6-2. The Bertz CT molecular complexity index is 12.0. The molecule has 0 aromatic heterocycles. The van der Waals surface area contributed by atoms with Crippen molar-refractivity contribution >= 4 is 73.6 Å². The molecule has 6 heteroatoms. The SMILES string of the molecule is [Se-][Se][Se][Se][Se][Se-]. The predicted octanol–water partition coefficient (Wildman–Crippen LogP) is -2.28. The maximum absolute atomic E-state index is 3.08. The molecule has 0 amide bonds. The summed E-state index contributed by atoms with van der Waals surface area (Å²) in [5.74, 6) is 0. The van der Waals surface area contributed by atoms with Gasteiger partial charge in [-0.25, -0.2) is 0 Å². The normalized spacial score (nSPS) is 9.00. The molecule has 0 unspecified atom stereocenters. The van der Waals surface area contributed by atoms with Crippen molar-refractivity contribution in [3.05, 3.63) is 0 Å². The molecule has 0 aliphatic rings. The fraction of sp³-hybridized carbons (Fsp3) is 0. The Morgan fingerprint density at radius 3 is 1.33 bits per heavy atom. The first-order chi connectivity index (χ1) is 2.91. The Morgan fingerprint density at radius 2 is 1.17 bits per heavy atom. The van der Waals surface area contributed by atoms with Crippen LogP contribution in [-0.2, 0) is 0 Å². The fourth-order valence-electron chi connectivity index (χ4n) is 0.0227. The molecule has 0 radical (unpaired) electrons. The Hall–Kier alpha value is 3.12. The average molecular weight is 474 g/mol. The van der Waals surface area contributed by atoms with Gasteiger partial charge >= 0.3 is 73.6 Å². The summed E-state index contributed by atoms with van der Waals surface area (Å²) in [4.78, 5) is 0. The quantitative estimate of drug-likeness (QED) is 0.320. The Labute approximate surface area is 72.1 Å². The van der Waals surface area contributed by atoms with Gasteiger partial charge in [-0.15, -0.1) is 0 Å². The van der Waals surface area contributed by atoms with Crippen LogP contribution in [0.25, 0.3) is 0 Å². The minimum absolute atomic E-state index is 0.888. The molecule has 0 nitrogen and oxygen atoms in total. The van der Waals surface area contributed by atoms with Crippen LogP contribution < -0.4 is 0 Å². The molecule has 0 aromatic rings. The van der Waals surface area contributed by atoms with Gasteiger partial charge in [-0.2, -0.15) is 0 Å². The van der Waals surface area contributed by atoms with Crippen molar-refractivity contribution in [1.29, 1.82) is 0 Å². The summed E-state index contributed by atoms with van der Waals surface area (Å²) >= 11 is 10.0. The third kappa shape index (κ3) is 7.12. The van der Waals surface area contributed by atoms with Crippen LogP contribution in [-0.4, -0.2) is 73.6 Å². The van der Waals surface area contributed by atoms with Crippen molar-refractivity contribution < 1.29 is 0 Å². The van der Waals surface area contributed by atoms with Gasteiger partial charge < -0.3 is 0 Å². The average Bonchev–Trinajstić information content (AvgIpc) is 1.61. The van der Waals surface area contributed by atoms with Gasteiger partial charge in [0.1, 0.15) is 0 Å². The van der Waals surface area contributed by atoms with Crippen LogP contribution in [0.3, 0.4) is 0 Å². The van der Waals surface area contributed by atoms with Gasteiger partial charge in [-0.05, 0) is 0 Å². The van der Waals surface area contributed by atoms with Crippen molar-refractivity contribution in [3.8, 4) is 0 Å². The summed E-state index contributed by atoms with van der Waals surface area (Å²) in [6.07, 6.45) is 0. The van der Waals surface area contributed by atoms with E-state index in [1.165, 1.54) is 0 Å². The van der Waals surface area contributed by atoms with E-state index in [4.69, 9.17) is 0 Å². The van der Waals surface area contributed by atoms with Crippen molar-refractivity contribution in [2.24, 2.45) is 0 Å². The second kappa shape index (κ2) is 8.12. The summed E-state index contributed by atoms with van der Waals surface area (Å²) < 4.78 is 0. The van der Waals surface area contributed by atoms with Gasteiger partial charge in [0.2, 0.25) is 0 Å². The van der Waals surface area contributed by atoms with Crippen molar-refractivity contribution in [3.63, 3.8) is 0 Å². The molecule has 0 N–H and O–H groups in total. The second-order valence-corrected chi connectivity index (χ2v) is 38.2. The van der Waals surface area contributed by atoms with Crippen molar-refractivity contribution in [2.75, 3.05) is 0 Å². The standard InChI is InChI=1S/H2Se6/c1-3-5-6-4-2/h1-2H/p-2. The van der Waals surface area contributed by atoms with E-state index < -0.39 is 0 Å². The Kier molecular flexibility index (Phi) is 12.3. The molecular weight excluding hydrogens is 474 g/mol. The molecule has 0 saturated carbocycles. The van der Waals surface area contributed by atoms with Crippen LogP contribution in [0.15, 0.2) is 0 Å². The molecule has 38 valence electrons. The number of hydrogen-bond donors (Lipinski definition) is 0. The van der Waals surface area contributed by atoms with E-state index in [0.717, 1.165) is 45.2 Å². The summed E-state index contributed by atoms with van der Waals surface area (Å²) in [5.41, 5.74) is 0. The summed E-state index contributed by atoms with van der Waals surface area (Å²) in [6.45, 7) is 0. The molecule has 0 atom stereocenters. The summed E-state index contributed by atoms with van der Waals surface area (Å²) in [5, 5.41) is 0. The molecule has 0 spiro atoms. The van der Waals surface area contributed by atoms with Crippen LogP contribution in [0.2, 0.25) is 0 Å². The van der Waals surface area contributed by atoms with Crippen molar-refractivity contribution in [1.82, 2.24) is 0 Å². The van der Waals surface area contributed by atoms with Gasteiger partial charge in [0.25, 0.3) is 0 Å². The van der Waals surface area contributed by atoms with E-state index in [1.54, 1.807) is 0 Å². The zero-order chi connectivity index (χ0) is 4.83. The molecule has 6 heavy (non-hydrogen) atoms. The molecule has 0 heterocycles. The van der Waals surface area contributed by atoms with Crippen molar-refractivity contribution in [2.45, 2.75) is 0 Å². The molecule has 0 aliphatic heterocycles. The van der Waals surface area contributed by atoms with E-state index in [0.29, 0.717) is 0 Å². The van der Waals surface area contributed by atoms with Gasteiger partial charge in [-0.3, -0.25) is 0 Å². The van der Waals surface area contributed by atoms with Gasteiger partial charge in [-0.1, -0.05) is 0 Å². The topological polar surface area (TPSA) is 0 Å². The zero-order valence-electron chi connectivity index (χ0n) is 2.45. The van der Waals surface area contributed by atoms with Crippen LogP contribution in [0.5, 0.6) is 0 Å². The van der Waals surface area contributed by atoms with E-state index in [9.17, 15) is 0 Å². The maximum atomic E-state index is 3.08. The Balaban J connectivity index is 2.34. The zero-order valence-corrected chi connectivity index (χ0v) is 12.7. The van der Waals surface area contributed by atoms with E-state index in [2.05, 4.69) is 28.4 Å². The first-order valence-electron chi connectivity index (χ1n) is 0.833. The molecule has 0 bridgehead atoms. The van der Waals surface area contributed by atoms with Crippen LogP contribution >= 0.6 is 0 Å². The monoisotopic (exact) mass is 480 g/mol. The molecule has 0 saturated heterocycles. The predicted molar refractivity (Wildman–Crippen MR) is 34.5 cm³/mol. The first-order valence-corrected chi connectivity index (χ1v) is 22.5. The minimum atomic E-state index is 0.888. The second-order valence-electron chi connectivity index (χ2n) is 0.272. The molecule has 0 fully saturated rings. The van der Waals surface area contributed by atoms with Crippen LogP contribution in [0.4, 0.5) is 0 Å². The number of hydrogen-bond acceptors (Lipinski definition) is 0. The third-order valence-electron chi connectivity index (χ3n) is 0.0833. The fourth-order valence-corrected chi connectivity index (χ4v) is 85.9. The van der Waals surface area contributed by atoms with E-state index in [-0.39, 0.29) is 0 Å².